The van der Waals surface area contributed by atoms with Crippen LogP contribution in [0.25, 0.3) is 0 Å². The number of rotatable bonds is 8. The Kier molecular flexibility index (Phi) is 6.69. The van der Waals surface area contributed by atoms with E-state index in [1.54, 1.807) is 0 Å². The van der Waals surface area contributed by atoms with Gasteiger partial charge in [-0.3, -0.25) is 9.69 Å². The molecule has 24 heavy (non-hydrogen) atoms. The maximum atomic E-state index is 12.3. The maximum Gasteiger partial charge on any atom is 0.256 e. The van der Waals surface area contributed by atoms with Crippen LogP contribution in [0.3, 0.4) is 0 Å². The van der Waals surface area contributed by atoms with Gasteiger partial charge < -0.3 is 10.1 Å². The molecule has 1 amide bonds. The average molecular weight is 328 g/mol. The summed E-state index contributed by atoms with van der Waals surface area (Å²) in [6.07, 6.45) is 4.02. The summed E-state index contributed by atoms with van der Waals surface area (Å²) in [4.78, 5) is 22.6. The van der Waals surface area contributed by atoms with Crippen LogP contribution in [-0.2, 0) is 6.54 Å². The number of carbonyl (C=O) groups is 1. The number of ether oxygens (including phenoxy) is 1. The van der Waals surface area contributed by atoms with Gasteiger partial charge in [-0.2, -0.15) is 0 Å². The molecule has 2 rings (SSSR count). The lowest BCUT2D eigenvalue weighted by Crippen LogP contribution is -2.23. The molecule has 1 aromatic carbocycles. The summed E-state index contributed by atoms with van der Waals surface area (Å²) in [6.45, 7) is 7.33. The molecule has 0 unspecified atom stereocenters. The zero-order valence-corrected chi connectivity index (χ0v) is 14.5. The lowest BCUT2D eigenvalue weighted by Gasteiger charge is -2.19. The fraction of sp³-hybridized carbons (Fsp3) is 0.389. The molecule has 0 saturated heterocycles. The van der Waals surface area contributed by atoms with Gasteiger partial charge in [0.15, 0.2) is 11.6 Å². The number of methoxy groups -OCH3 is 1. The second-order valence-electron chi connectivity index (χ2n) is 5.46. The summed E-state index contributed by atoms with van der Waals surface area (Å²) in [5.74, 6) is 0.571. The van der Waals surface area contributed by atoms with Crippen molar-refractivity contribution < 1.29 is 9.53 Å². The average Bonchev–Trinajstić information content (AvgIpc) is 2.62. The number of nitrogens with zero attached hydrogens (tertiary/aromatic N) is 3. The third kappa shape index (κ3) is 4.76. The highest BCUT2D eigenvalue weighted by atomic mass is 16.5. The van der Waals surface area contributed by atoms with Crippen molar-refractivity contribution in [2.24, 2.45) is 0 Å². The van der Waals surface area contributed by atoms with Gasteiger partial charge in [0.2, 0.25) is 0 Å². The molecule has 0 radical (unpaired) electrons. The lowest BCUT2D eigenvalue weighted by atomic mass is 10.1. The number of amides is 1. The lowest BCUT2D eigenvalue weighted by molar-refractivity contribution is 0.102. The smallest absolute Gasteiger partial charge is 0.256 e. The Balaban J connectivity index is 2.03. The van der Waals surface area contributed by atoms with E-state index in [2.05, 4.69) is 34.0 Å². The van der Waals surface area contributed by atoms with Crippen molar-refractivity contribution in [3.8, 4) is 5.75 Å². The van der Waals surface area contributed by atoms with Gasteiger partial charge >= 0.3 is 0 Å². The number of hydrogen-bond donors (Lipinski definition) is 1. The Morgan fingerprint density at radius 1 is 1.25 bits per heavy atom. The highest BCUT2D eigenvalue weighted by Crippen LogP contribution is 2.19. The Bertz CT molecular complexity index is 658. The van der Waals surface area contributed by atoms with Crippen LogP contribution in [0.5, 0.6) is 5.75 Å². The van der Waals surface area contributed by atoms with Crippen molar-refractivity contribution in [2.75, 3.05) is 25.5 Å². The monoisotopic (exact) mass is 328 g/mol. The first-order chi connectivity index (χ1) is 11.7. The Hall–Kier alpha value is -2.47. The van der Waals surface area contributed by atoms with E-state index in [1.807, 2.05) is 24.3 Å². The van der Waals surface area contributed by atoms with Crippen LogP contribution < -0.4 is 10.1 Å². The van der Waals surface area contributed by atoms with Crippen molar-refractivity contribution in [1.82, 2.24) is 14.9 Å². The molecule has 128 valence electrons. The molecule has 0 aliphatic heterocycles. The number of aromatic nitrogens is 2. The predicted octanol–water partition coefficient (Wildman–Crippen LogP) is 2.97. The van der Waals surface area contributed by atoms with Gasteiger partial charge in [0.1, 0.15) is 6.33 Å². The van der Waals surface area contributed by atoms with Gasteiger partial charge in [-0.05, 0) is 37.2 Å². The normalized spacial score (nSPS) is 10.7. The largest absolute Gasteiger partial charge is 0.491 e. The highest BCUT2D eigenvalue weighted by Gasteiger charge is 2.11. The number of hydrogen-bond acceptors (Lipinski definition) is 5. The molecule has 1 aromatic heterocycles. The quantitative estimate of drug-likeness (QED) is 0.807. The first-order valence-electron chi connectivity index (χ1n) is 8.14. The Morgan fingerprint density at radius 3 is 2.62 bits per heavy atom. The SMILES string of the molecule is CCCN(CC)Cc1ccc(C(=O)Nc2ncncc2OC)cc1. The molecule has 6 heteroatoms. The summed E-state index contributed by atoms with van der Waals surface area (Å²) in [6, 6.07) is 7.64. The van der Waals surface area contributed by atoms with Gasteiger partial charge in [-0.25, -0.2) is 9.97 Å². The summed E-state index contributed by atoms with van der Waals surface area (Å²) < 4.78 is 5.14. The highest BCUT2D eigenvalue weighted by molar-refractivity contribution is 6.04. The van der Waals surface area contributed by atoms with E-state index in [0.29, 0.717) is 17.1 Å². The zero-order valence-electron chi connectivity index (χ0n) is 14.5. The number of benzene rings is 1. The van der Waals surface area contributed by atoms with Gasteiger partial charge in [-0.15, -0.1) is 0 Å². The third-order valence-corrected chi connectivity index (χ3v) is 3.74. The van der Waals surface area contributed by atoms with Crippen LogP contribution in [-0.4, -0.2) is 41.0 Å². The fourth-order valence-electron chi connectivity index (χ4n) is 2.42. The van der Waals surface area contributed by atoms with Crippen molar-refractivity contribution in [2.45, 2.75) is 26.8 Å². The van der Waals surface area contributed by atoms with Crippen LogP contribution in [0.1, 0.15) is 36.2 Å². The van der Waals surface area contributed by atoms with Gasteiger partial charge in [0, 0.05) is 12.1 Å². The molecule has 0 atom stereocenters. The first kappa shape index (κ1) is 17.9. The third-order valence-electron chi connectivity index (χ3n) is 3.74. The van der Waals surface area contributed by atoms with Crippen LogP contribution in [0.15, 0.2) is 36.8 Å². The van der Waals surface area contributed by atoms with Crippen LogP contribution in [0, 0.1) is 0 Å². The van der Waals surface area contributed by atoms with Crippen molar-refractivity contribution >= 4 is 11.7 Å². The van der Waals surface area contributed by atoms with Crippen molar-refractivity contribution in [3.05, 3.63) is 47.9 Å². The number of carbonyl (C=O) groups excluding carboxylic acids is 1. The molecule has 0 aliphatic carbocycles. The maximum absolute atomic E-state index is 12.3. The topological polar surface area (TPSA) is 67.4 Å². The molecule has 1 heterocycles. The second kappa shape index (κ2) is 8.98. The van der Waals surface area contributed by atoms with Gasteiger partial charge in [-0.1, -0.05) is 26.0 Å². The van der Waals surface area contributed by atoms with E-state index in [4.69, 9.17) is 4.74 Å². The van der Waals surface area contributed by atoms with Crippen LogP contribution in [0.2, 0.25) is 0 Å². The molecule has 0 saturated carbocycles. The summed E-state index contributed by atoms with van der Waals surface area (Å²) in [5, 5.41) is 2.74. The molecule has 0 bridgehead atoms. The van der Waals surface area contributed by atoms with E-state index in [1.165, 1.54) is 25.2 Å². The minimum atomic E-state index is -0.223. The molecule has 2 aromatic rings. The standard InChI is InChI=1S/C18H24N4O2/c1-4-10-22(5-2)12-14-6-8-15(9-7-14)18(23)21-17-16(24-3)11-19-13-20-17/h6-9,11,13H,4-5,10,12H2,1-3H3,(H,19,20,21,23). The first-order valence-corrected chi connectivity index (χ1v) is 8.14. The number of nitrogens with one attached hydrogen (secondary N) is 1. The van der Waals surface area contributed by atoms with E-state index >= 15 is 0 Å². The van der Waals surface area contributed by atoms with Crippen molar-refractivity contribution in [1.29, 1.82) is 0 Å². The Labute approximate surface area is 142 Å². The molecular weight excluding hydrogens is 304 g/mol. The second-order valence-corrected chi connectivity index (χ2v) is 5.46. The van der Waals surface area contributed by atoms with E-state index < -0.39 is 0 Å². The van der Waals surface area contributed by atoms with Crippen LogP contribution >= 0.6 is 0 Å². The minimum Gasteiger partial charge on any atom is -0.491 e. The fourth-order valence-corrected chi connectivity index (χ4v) is 2.42. The number of anilines is 1. The van der Waals surface area contributed by atoms with Crippen molar-refractivity contribution in [3.63, 3.8) is 0 Å². The minimum absolute atomic E-state index is 0.223. The summed E-state index contributed by atoms with van der Waals surface area (Å²) in [5.41, 5.74) is 1.78. The molecule has 0 aliphatic rings. The molecule has 1 N–H and O–H groups in total. The molecule has 6 nitrogen and oxygen atoms in total. The molecular formula is C18H24N4O2. The Morgan fingerprint density at radius 2 is 2.00 bits per heavy atom. The summed E-state index contributed by atoms with van der Waals surface area (Å²) >= 11 is 0. The summed E-state index contributed by atoms with van der Waals surface area (Å²) in [7, 11) is 1.51. The molecule has 0 spiro atoms. The molecule has 0 fully saturated rings. The zero-order chi connectivity index (χ0) is 17.4. The predicted molar refractivity (Wildman–Crippen MR) is 94.2 cm³/mol. The van der Waals surface area contributed by atoms with Crippen LogP contribution in [0.4, 0.5) is 5.82 Å². The van der Waals surface area contributed by atoms with E-state index in [-0.39, 0.29) is 5.91 Å². The van der Waals surface area contributed by atoms with Gasteiger partial charge in [0.25, 0.3) is 5.91 Å². The van der Waals surface area contributed by atoms with E-state index in [0.717, 1.165) is 26.1 Å². The van der Waals surface area contributed by atoms with E-state index in [9.17, 15) is 4.79 Å². The van der Waals surface area contributed by atoms with Gasteiger partial charge in [0.05, 0.1) is 13.3 Å².